The molecule has 1 aromatic heterocycles. The largest absolute Gasteiger partial charge is 0.465 e. The zero-order chi connectivity index (χ0) is 14.7. The molecule has 21 heavy (non-hydrogen) atoms. The second-order valence-electron chi connectivity index (χ2n) is 5.25. The van der Waals surface area contributed by atoms with Crippen LogP contribution in [0.15, 0.2) is 30.5 Å². The van der Waals surface area contributed by atoms with Crippen LogP contribution in [0.25, 0.3) is 11.0 Å². The molecule has 1 fully saturated rings. The molecule has 0 bridgehead atoms. The third-order valence-electron chi connectivity index (χ3n) is 3.84. The number of carboxylic acid groups (broad SMARTS) is 1. The number of carbonyl (C=O) groups is 1. The molecule has 0 radical (unpaired) electrons. The van der Waals surface area contributed by atoms with Gasteiger partial charge < -0.3 is 15.3 Å². The van der Waals surface area contributed by atoms with Crippen LogP contribution in [0.2, 0.25) is 0 Å². The Balaban J connectivity index is 1.69. The maximum absolute atomic E-state index is 11.2. The molecule has 6 nitrogen and oxygen atoms in total. The maximum atomic E-state index is 11.2. The summed E-state index contributed by atoms with van der Waals surface area (Å²) in [6.45, 7) is 1.18. The molecule has 1 aliphatic rings. The Morgan fingerprint density at radius 1 is 1.33 bits per heavy atom. The predicted octanol–water partition coefficient (Wildman–Crippen LogP) is 2.57. The number of piperidine rings is 1. The van der Waals surface area contributed by atoms with Gasteiger partial charge in [-0.15, -0.1) is 0 Å². The van der Waals surface area contributed by atoms with Crippen LogP contribution in [0, 0.1) is 0 Å². The quantitative estimate of drug-likeness (QED) is 0.906. The highest BCUT2D eigenvalue weighted by atomic mass is 16.4. The summed E-state index contributed by atoms with van der Waals surface area (Å²) in [6, 6.07) is 7.69. The van der Waals surface area contributed by atoms with Gasteiger partial charge in [0.15, 0.2) is 0 Å². The van der Waals surface area contributed by atoms with Gasteiger partial charge in [-0.2, -0.15) is 0 Å². The molecule has 2 heterocycles. The number of nitrogens with zero attached hydrogens (tertiary/aromatic N) is 3. The number of fused-ring (bicyclic) bond motifs is 1. The van der Waals surface area contributed by atoms with Crippen molar-refractivity contribution in [1.82, 2.24) is 14.9 Å². The second kappa shape index (κ2) is 5.95. The zero-order valence-electron chi connectivity index (χ0n) is 11.7. The fourth-order valence-electron chi connectivity index (χ4n) is 2.73. The van der Waals surface area contributed by atoms with Crippen molar-refractivity contribution in [3.05, 3.63) is 30.5 Å². The molecular weight excluding hydrogens is 268 g/mol. The summed E-state index contributed by atoms with van der Waals surface area (Å²) < 4.78 is 0. The van der Waals surface area contributed by atoms with Crippen LogP contribution >= 0.6 is 0 Å². The van der Waals surface area contributed by atoms with Crippen LogP contribution in [0.1, 0.15) is 19.3 Å². The molecule has 0 aliphatic carbocycles. The van der Waals surface area contributed by atoms with Gasteiger partial charge in [0.1, 0.15) is 5.82 Å². The van der Waals surface area contributed by atoms with Gasteiger partial charge in [-0.3, -0.25) is 4.98 Å². The maximum Gasteiger partial charge on any atom is 0.407 e. The van der Waals surface area contributed by atoms with Gasteiger partial charge >= 0.3 is 6.09 Å². The highest BCUT2D eigenvalue weighted by molar-refractivity contribution is 5.75. The van der Waals surface area contributed by atoms with Crippen LogP contribution in [0.4, 0.5) is 10.6 Å². The first kappa shape index (κ1) is 13.6. The zero-order valence-corrected chi connectivity index (χ0v) is 11.7. The summed E-state index contributed by atoms with van der Waals surface area (Å²) in [6.07, 6.45) is 3.75. The van der Waals surface area contributed by atoms with E-state index in [1.807, 2.05) is 24.3 Å². The summed E-state index contributed by atoms with van der Waals surface area (Å²) in [4.78, 5) is 21.6. The second-order valence-corrected chi connectivity index (χ2v) is 5.25. The lowest BCUT2D eigenvalue weighted by Gasteiger charge is -2.33. The van der Waals surface area contributed by atoms with E-state index in [0.717, 1.165) is 30.3 Å². The molecule has 3 rings (SSSR count). The minimum Gasteiger partial charge on any atom is -0.465 e. The number of benzene rings is 1. The van der Waals surface area contributed by atoms with E-state index >= 15 is 0 Å². The average molecular weight is 286 g/mol. The molecule has 1 atom stereocenters. The molecule has 2 N–H and O–H groups in total. The van der Waals surface area contributed by atoms with Gasteiger partial charge in [0, 0.05) is 13.1 Å². The average Bonchev–Trinajstić information content (AvgIpc) is 2.53. The summed E-state index contributed by atoms with van der Waals surface area (Å²) in [5.41, 5.74) is 1.69. The van der Waals surface area contributed by atoms with Gasteiger partial charge in [-0.05, 0) is 31.4 Å². The Bertz CT molecular complexity index is 646. The molecule has 1 aliphatic heterocycles. The van der Waals surface area contributed by atoms with E-state index in [4.69, 9.17) is 0 Å². The van der Waals surface area contributed by atoms with Crippen molar-refractivity contribution in [2.75, 3.05) is 18.4 Å². The molecule has 0 unspecified atom stereocenters. The van der Waals surface area contributed by atoms with Crippen molar-refractivity contribution in [2.45, 2.75) is 25.3 Å². The first-order valence-electron chi connectivity index (χ1n) is 7.19. The van der Waals surface area contributed by atoms with Crippen molar-refractivity contribution in [2.24, 2.45) is 0 Å². The highest BCUT2D eigenvalue weighted by Gasteiger charge is 2.26. The number of rotatable bonds is 3. The van der Waals surface area contributed by atoms with E-state index in [-0.39, 0.29) is 6.04 Å². The van der Waals surface area contributed by atoms with Gasteiger partial charge in [-0.1, -0.05) is 12.1 Å². The van der Waals surface area contributed by atoms with Crippen molar-refractivity contribution in [3.8, 4) is 0 Å². The smallest absolute Gasteiger partial charge is 0.407 e. The van der Waals surface area contributed by atoms with Gasteiger partial charge in [0.05, 0.1) is 23.3 Å². The topological polar surface area (TPSA) is 78.4 Å². The standard InChI is InChI=1S/C15H18N4O2/c20-15(21)19-8-4-3-5-11(19)9-17-14-10-16-12-6-1-2-7-13(12)18-14/h1-2,6-7,10-11H,3-5,8-9H2,(H,17,18)(H,20,21)/t11-/m0/s1. The predicted molar refractivity (Wildman–Crippen MR) is 80.4 cm³/mol. The number of aromatic nitrogens is 2. The van der Waals surface area contributed by atoms with E-state index in [9.17, 15) is 9.90 Å². The van der Waals surface area contributed by atoms with E-state index in [2.05, 4.69) is 15.3 Å². The lowest BCUT2D eigenvalue weighted by atomic mass is 10.0. The third-order valence-corrected chi connectivity index (χ3v) is 3.84. The number of anilines is 1. The first-order valence-corrected chi connectivity index (χ1v) is 7.19. The molecule has 110 valence electrons. The Morgan fingerprint density at radius 3 is 2.95 bits per heavy atom. The lowest BCUT2D eigenvalue weighted by Crippen LogP contribution is -2.46. The number of amides is 1. The lowest BCUT2D eigenvalue weighted by molar-refractivity contribution is 0.110. The highest BCUT2D eigenvalue weighted by Crippen LogP contribution is 2.18. The Morgan fingerprint density at radius 2 is 2.14 bits per heavy atom. The van der Waals surface area contributed by atoms with Crippen molar-refractivity contribution >= 4 is 22.9 Å². The van der Waals surface area contributed by atoms with Crippen LogP contribution < -0.4 is 5.32 Å². The normalized spacial score (nSPS) is 18.7. The molecule has 2 aromatic rings. The van der Waals surface area contributed by atoms with E-state index < -0.39 is 6.09 Å². The van der Waals surface area contributed by atoms with Crippen LogP contribution in [-0.4, -0.2) is 45.2 Å². The van der Waals surface area contributed by atoms with E-state index in [0.29, 0.717) is 18.9 Å². The summed E-state index contributed by atoms with van der Waals surface area (Å²) in [5.74, 6) is 0.685. The molecule has 1 saturated heterocycles. The molecule has 6 heteroatoms. The molecule has 1 amide bonds. The first-order chi connectivity index (χ1) is 10.2. The Labute approximate surface area is 122 Å². The van der Waals surface area contributed by atoms with Gasteiger partial charge in [0.2, 0.25) is 0 Å². The van der Waals surface area contributed by atoms with Gasteiger partial charge in [0.25, 0.3) is 0 Å². The van der Waals surface area contributed by atoms with Crippen molar-refractivity contribution < 1.29 is 9.90 Å². The number of nitrogens with one attached hydrogen (secondary N) is 1. The molecular formula is C15H18N4O2. The van der Waals surface area contributed by atoms with Crippen molar-refractivity contribution in [3.63, 3.8) is 0 Å². The fraction of sp³-hybridized carbons (Fsp3) is 0.400. The van der Waals surface area contributed by atoms with Crippen LogP contribution in [-0.2, 0) is 0 Å². The number of likely N-dealkylation sites (tertiary alicyclic amines) is 1. The summed E-state index contributed by atoms with van der Waals surface area (Å²) in [7, 11) is 0. The monoisotopic (exact) mass is 286 g/mol. The molecule has 0 spiro atoms. The van der Waals surface area contributed by atoms with E-state index in [1.165, 1.54) is 4.90 Å². The Kier molecular flexibility index (Phi) is 3.85. The SMILES string of the molecule is O=C(O)N1CCCC[C@H]1CNc1cnc2ccccc2n1. The van der Waals surface area contributed by atoms with Gasteiger partial charge in [-0.25, -0.2) is 9.78 Å². The minimum atomic E-state index is -0.842. The van der Waals surface area contributed by atoms with Crippen molar-refractivity contribution in [1.29, 1.82) is 0 Å². The van der Waals surface area contributed by atoms with Crippen LogP contribution in [0.3, 0.4) is 0 Å². The third kappa shape index (κ3) is 3.04. The summed E-state index contributed by atoms with van der Waals surface area (Å²) >= 11 is 0. The molecule has 1 aromatic carbocycles. The van der Waals surface area contributed by atoms with Crippen LogP contribution in [0.5, 0.6) is 0 Å². The summed E-state index contributed by atoms with van der Waals surface area (Å²) in [5, 5.41) is 12.4. The molecule has 0 saturated carbocycles. The Hall–Kier alpha value is -2.37. The minimum absolute atomic E-state index is 0.00419. The van der Waals surface area contributed by atoms with E-state index in [1.54, 1.807) is 6.20 Å². The number of hydrogen-bond acceptors (Lipinski definition) is 4. The number of hydrogen-bond donors (Lipinski definition) is 2. The number of para-hydroxylation sites is 2. The fourth-order valence-corrected chi connectivity index (χ4v) is 2.73.